The second kappa shape index (κ2) is 7.62. The summed E-state index contributed by atoms with van der Waals surface area (Å²) >= 11 is 1.68. The summed E-state index contributed by atoms with van der Waals surface area (Å²) in [6, 6.07) is 18.7. The van der Waals surface area contributed by atoms with Gasteiger partial charge in [0.05, 0.1) is 24.1 Å². The molecule has 0 bridgehead atoms. The van der Waals surface area contributed by atoms with E-state index < -0.39 is 0 Å². The number of aromatic nitrogens is 3. The zero-order valence-corrected chi connectivity index (χ0v) is 17.1. The molecule has 7 nitrogen and oxygen atoms in total. The average molecular weight is 407 g/mol. The van der Waals surface area contributed by atoms with Gasteiger partial charge in [-0.15, -0.1) is 10.2 Å². The lowest BCUT2D eigenvalue weighted by Gasteiger charge is -2.21. The van der Waals surface area contributed by atoms with Crippen molar-refractivity contribution < 1.29 is 4.74 Å². The molecule has 2 N–H and O–H groups in total. The van der Waals surface area contributed by atoms with E-state index >= 15 is 0 Å². The minimum absolute atomic E-state index is 0.0383. The van der Waals surface area contributed by atoms with E-state index in [0.29, 0.717) is 0 Å². The van der Waals surface area contributed by atoms with Gasteiger partial charge in [0.1, 0.15) is 5.75 Å². The lowest BCUT2D eigenvalue weighted by molar-refractivity contribution is 0.415. The van der Waals surface area contributed by atoms with E-state index in [9.17, 15) is 0 Å². The summed E-state index contributed by atoms with van der Waals surface area (Å²) in [7, 11) is 1.67. The monoisotopic (exact) mass is 406 g/mol. The van der Waals surface area contributed by atoms with E-state index in [1.54, 1.807) is 18.9 Å². The zero-order valence-electron chi connectivity index (χ0n) is 16.2. The third-order valence-corrected chi connectivity index (χ3v) is 6.36. The molecule has 2 aliphatic rings. The molecule has 3 atom stereocenters. The Kier molecular flexibility index (Phi) is 4.83. The van der Waals surface area contributed by atoms with Gasteiger partial charge in [-0.3, -0.25) is 0 Å². The van der Waals surface area contributed by atoms with E-state index in [1.165, 1.54) is 5.56 Å². The summed E-state index contributed by atoms with van der Waals surface area (Å²) in [4.78, 5) is 0. The maximum Gasteiger partial charge on any atom is 0.212 e. The number of hydrogen-bond acceptors (Lipinski definition) is 7. The minimum Gasteiger partial charge on any atom is -0.497 e. The molecule has 0 spiro atoms. The van der Waals surface area contributed by atoms with Crippen molar-refractivity contribution in [2.75, 3.05) is 7.11 Å². The number of nitrogens with one attached hydrogen (secondary N) is 2. The maximum atomic E-state index is 5.27. The van der Waals surface area contributed by atoms with Gasteiger partial charge >= 0.3 is 0 Å². The molecule has 1 fully saturated rings. The van der Waals surface area contributed by atoms with Crippen molar-refractivity contribution >= 4 is 17.5 Å². The summed E-state index contributed by atoms with van der Waals surface area (Å²) < 4.78 is 7.16. The highest BCUT2D eigenvalue weighted by molar-refractivity contribution is 8.00. The predicted molar refractivity (Wildman–Crippen MR) is 113 cm³/mol. The SMILES string of the molecule is COc1ccc(C2=Nn3c(nnc3C3CC(c4ccccc4)NN3)SC2C)cc1. The van der Waals surface area contributed by atoms with Gasteiger partial charge in [0.2, 0.25) is 5.16 Å². The van der Waals surface area contributed by atoms with E-state index in [2.05, 4.69) is 52.2 Å². The Labute approximate surface area is 173 Å². The topological polar surface area (TPSA) is 76.4 Å². The number of rotatable bonds is 4. The fourth-order valence-electron chi connectivity index (χ4n) is 3.75. The van der Waals surface area contributed by atoms with Gasteiger partial charge in [0.15, 0.2) is 5.82 Å². The van der Waals surface area contributed by atoms with Gasteiger partial charge in [-0.1, -0.05) is 42.1 Å². The summed E-state index contributed by atoms with van der Waals surface area (Å²) in [5.74, 6) is 1.67. The first kappa shape index (κ1) is 18.4. The molecule has 3 unspecified atom stereocenters. The number of hydrogen-bond donors (Lipinski definition) is 2. The normalized spacial score (nSPS) is 23.5. The first-order valence-corrected chi connectivity index (χ1v) is 10.5. The van der Waals surface area contributed by atoms with Crippen LogP contribution in [0.4, 0.5) is 0 Å². The Morgan fingerprint density at radius 2 is 1.76 bits per heavy atom. The van der Waals surface area contributed by atoms with E-state index in [0.717, 1.165) is 34.4 Å². The van der Waals surface area contributed by atoms with Crippen molar-refractivity contribution in [2.24, 2.45) is 5.10 Å². The van der Waals surface area contributed by atoms with Crippen LogP contribution in [0, 0.1) is 0 Å². The number of fused-ring (bicyclic) bond motifs is 1. The molecule has 0 saturated carbocycles. The Balaban J connectivity index is 1.44. The number of benzene rings is 2. The van der Waals surface area contributed by atoms with Gasteiger partial charge < -0.3 is 4.74 Å². The third-order valence-electron chi connectivity index (χ3n) is 5.31. The highest BCUT2D eigenvalue weighted by Gasteiger charge is 2.33. The molecule has 3 heterocycles. The molecule has 2 aliphatic heterocycles. The summed E-state index contributed by atoms with van der Waals surface area (Å²) in [5.41, 5.74) is 10.1. The number of hydrazine groups is 1. The van der Waals surface area contributed by atoms with Crippen molar-refractivity contribution in [1.29, 1.82) is 0 Å². The van der Waals surface area contributed by atoms with Crippen LogP contribution < -0.4 is 15.6 Å². The van der Waals surface area contributed by atoms with Gasteiger partial charge in [0.25, 0.3) is 0 Å². The fourth-order valence-corrected chi connectivity index (χ4v) is 4.68. The number of methoxy groups -OCH3 is 1. The van der Waals surface area contributed by atoms with Crippen LogP contribution in [0.25, 0.3) is 0 Å². The van der Waals surface area contributed by atoms with Crippen LogP contribution >= 0.6 is 11.8 Å². The summed E-state index contributed by atoms with van der Waals surface area (Å²) in [5, 5.41) is 14.8. The van der Waals surface area contributed by atoms with Gasteiger partial charge in [-0.05, 0) is 48.7 Å². The van der Waals surface area contributed by atoms with Crippen LogP contribution in [0.3, 0.4) is 0 Å². The van der Waals surface area contributed by atoms with Crippen LogP contribution in [-0.4, -0.2) is 32.9 Å². The molecule has 1 aromatic heterocycles. The van der Waals surface area contributed by atoms with E-state index in [-0.39, 0.29) is 17.3 Å². The molecule has 148 valence electrons. The molecule has 3 aromatic rings. The van der Waals surface area contributed by atoms with Crippen LogP contribution in [-0.2, 0) is 0 Å². The highest BCUT2D eigenvalue weighted by atomic mass is 32.2. The van der Waals surface area contributed by atoms with Crippen LogP contribution in [0.15, 0.2) is 64.9 Å². The fraction of sp³-hybridized carbons (Fsp3) is 0.286. The molecule has 0 amide bonds. The highest BCUT2D eigenvalue weighted by Crippen LogP contribution is 2.35. The largest absolute Gasteiger partial charge is 0.497 e. The van der Waals surface area contributed by atoms with Gasteiger partial charge in [-0.2, -0.15) is 9.78 Å². The van der Waals surface area contributed by atoms with E-state index in [1.807, 2.05) is 35.0 Å². The van der Waals surface area contributed by atoms with Gasteiger partial charge in [-0.25, -0.2) is 10.9 Å². The van der Waals surface area contributed by atoms with Crippen molar-refractivity contribution in [3.63, 3.8) is 0 Å². The van der Waals surface area contributed by atoms with Crippen molar-refractivity contribution in [2.45, 2.75) is 35.8 Å². The van der Waals surface area contributed by atoms with Crippen LogP contribution in [0.1, 0.15) is 42.4 Å². The first-order chi connectivity index (χ1) is 14.2. The number of thioether (sulfide) groups is 1. The second-order valence-electron chi connectivity index (χ2n) is 7.17. The molecule has 2 aromatic carbocycles. The lowest BCUT2D eigenvalue weighted by atomic mass is 10.0. The van der Waals surface area contributed by atoms with Crippen LogP contribution in [0.5, 0.6) is 5.75 Å². The lowest BCUT2D eigenvalue weighted by Crippen LogP contribution is -2.28. The zero-order chi connectivity index (χ0) is 19.8. The molecule has 0 radical (unpaired) electrons. The predicted octanol–water partition coefficient (Wildman–Crippen LogP) is 3.31. The van der Waals surface area contributed by atoms with Crippen LogP contribution in [0.2, 0.25) is 0 Å². The Hall–Kier alpha value is -2.68. The summed E-state index contributed by atoms with van der Waals surface area (Å²) in [6.07, 6.45) is 0.885. The molecule has 29 heavy (non-hydrogen) atoms. The number of ether oxygens (including phenoxy) is 1. The smallest absolute Gasteiger partial charge is 0.212 e. The van der Waals surface area contributed by atoms with E-state index in [4.69, 9.17) is 9.84 Å². The quantitative estimate of drug-likeness (QED) is 0.692. The molecule has 5 rings (SSSR count). The minimum atomic E-state index is 0.0383. The Morgan fingerprint density at radius 3 is 2.52 bits per heavy atom. The van der Waals surface area contributed by atoms with Crippen molar-refractivity contribution in [3.8, 4) is 5.75 Å². The van der Waals surface area contributed by atoms with Crippen molar-refractivity contribution in [3.05, 3.63) is 71.5 Å². The molecule has 8 heteroatoms. The molecule has 1 saturated heterocycles. The average Bonchev–Trinajstić information content (AvgIpc) is 3.41. The number of nitrogens with zero attached hydrogens (tertiary/aromatic N) is 4. The first-order valence-electron chi connectivity index (χ1n) is 9.64. The van der Waals surface area contributed by atoms with Crippen molar-refractivity contribution in [1.82, 2.24) is 25.7 Å². The summed E-state index contributed by atoms with van der Waals surface area (Å²) in [6.45, 7) is 2.15. The van der Waals surface area contributed by atoms with Gasteiger partial charge in [0, 0.05) is 6.04 Å². The Bertz CT molecular complexity index is 1030. The Morgan fingerprint density at radius 1 is 1.00 bits per heavy atom. The molecular formula is C21H22N6OS. The standard InChI is InChI=1S/C21H22N6OS/c1-13-19(15-8-10-16(28-2)11-9-15)26-27-20(24-25-21(27)29-13)18-12-17(22-23-18)14-6-4-3-5-7-14/h3-11,13,17-18,22-23H,12H2,1-2H3. The second-order valence-corrected chi connectivity index (χ2v) is 8.47. The molecule has 0 aliphatic carbocycles. The molecular weight excluding hydrogens is 384 g/mol. The maximum absolute atomic E-state index is 5.27. The third kappa shape index (κ3) is 3.43.